The quantitative estimate of drug-likeness (QED) is 0.924. The second kappa shape index (κ2) is 4.96. The molecule has 2 aromatic rings. The van der Waals surface area contributed by atoms with Crippen LogP contribution in [0.5, 0.6) is 5.75 Å². The minimum atomic E-state index is -0.851. The largest absolute Gasteiger partial charge is 0.485 e. The summed E-state index contributed by atoms with van der Waals surface area (Å²) in [6.45, 7) is 0. The number of rotatable bonds is 3. The van der Waals surface area contributed by atoms with Crippen LogP contribution in [0.1, 0.15) is 24.5 Å². The summed E-state index contributed by atoms with van der Waals surface area (Å²) in [5, 5.41) is 8.82. The van der Waals surface area contributed by atoms with Crippen LogP contribution in [-0.2, 0) is 4.79 Å². The van der Waals surface area contributed by atoms with Gasteiger partial charge in [-0.3, -0.25) is 4.79 Å². The van der Waals surface area contributed by atoms with E-state index < -0.39 is 5.97 Å². The van der Waals surface area contributed by atoms with Gasteiger partial charge in [-0.05, 0) is 30.2 Å². The molecule has 1 heterocycles. The predicted octanol–water partition coefficient (Wildman–Crippen LogP) is 3.79. The molecule has 1 atom stereocenters. The number of carboxylic acids is 1. The Kier molecular flexibility index (Phi) is 3.14. The molecule has 1 unspecified atom stereocenters. The second-order valence-corrected chi connectivity index (χ2v) is 4.77. The Morgan fingerprint density at radius 3 is 2.80 bits per heavy atom. The molecule has 3 rings (SSSR count). The Morgan fingerprint density at radius 1 is 1.20 bits per heavy atom. The van der Waals surface area contributed by atoms with Crippen molar-refractivity contribution in [2.24, 2.45) is 0 Å². The van der Waals surface area contributed by atoms with Crippen molar-refractivity contribution < 1.29 is 19.0 Å². The summed E-state index contributed by atoms with van der Waals surface area (Å²) in [4.78, 5) is 10.7. The number of benzene rings is 2. The average Bonchev–Trinajstić information content (AvgIpc) is 2.45. The van der Waals surface area contributed by atoms with Crippen molar-refractivity contribution in [3.05, 3.63) is 53.8 Å². The van der Waals surface area contributed by atoms with E-state index in [2.05, 4.69) is 0 Å². The van der Waals surface area contributed by atoms with E-state index in [1.54, 1.807) is 6.07 Å². The lowest BCUT2D eigenvalue weighted by atomic mass is 9.91. The molecule has 102 valence electrons. The SMILES string of the molecule is O=C(O)CCC1Oc2ccc(F)cc2-c2ccccc21. The molecule has 4 heteroatoms. The predicted molar refractivity (Wildman–Crippen MR) is 72.1 cm³/mol. The standard InChI is InChI=1S/C16H13FO3/c17-10-5-6-15-13(9-10)11-3-1-2-4-12(11)14(20-15)7-8-16(18)19/h1-6,9,14H,7-8H2,(H,18,19). The maximum absolute atomic E-state index is 13.4. The minimum Gasteiger partial charge on any atom is -0.485 e. The van der Waals surface area contributed by atoms with Crippen LogP contribution in [0.2, 0.25) is 0 Å². The van der Waals surface area contributed by atoms with Crippen LogP contribution in [0.3, 0.4) is 0 Å². The first-order valence-corrected chi connectivity index (χ1v) is 6.42. The number of ether oxygens (including phenoxy) is 1. The van der Waals surface area contributed by atoms with Crippen molar-refractivity contribution in [3.63, 3.8) is 0 Å². The molecule has 2 aromatic carbocycles. The van der Waals surface area contributed by atoms with Crippen LogP contribution in [0.15, 0.2) is 42.5 Å². The highest BCUT2D eigenvalue weighted by Crippen LogP contribution is 2.43. The Labute approximate surface area is 115 Å². The van der Waals surface area contributed by atoms with Crippen molar-refractivity contribution >= 4 is 5.97 Å². The van der Waals surface area contributed by atoms with Crippen molar-refractivity contribution in [2.75, 3.05) is 0 Å². The summed E-state index contributed by atoms with van der Waals surface area (Å²) >= 11 is 0. The second-order valence-electron chi connectivity index (χ2n) is 4.77. The highest BCUT2D eigenvalue weighted by Gasteiger charge is 2.26. The third-order valence-corrected chi connectivity index (χ3v) is 3.43. The lowest BCUT2D eigenvalue weighted by molar-refractivity contribution is -0.137. The molecule has 3 nitrogen and oxygen atoms in total. The Bertz CT molecular complexity index is 667. The Balaban J connectivity index is 2.03. The van der Waals surface area contributed by atoms with Gasteiger partial charge in [0.2, 0.25) is 0 Å². The number of aliphatic carboxylic acids is 1. The van der Waals surface area contributed by atoms with Crippen molar-refractivity contribution in [1.29, 1.82) is 0 Å². The van der Waals surface area contributed by atoms with Gasteiger partial charge >= 0.3 is 5.97 Å². The van der Waals surface area contributed by atoms with Crippen LogP contribution < -0.4 is 4.74 Å². The summed E-state index contributed by atoms with van der Waals surface area (Å²) in [6.07, 6.45) is 0.124. The third kappa shape index (κ3) is 2.25. The molecule has 0 radical (unpaired) electrons. The van der Waals surface area contributed by atoms with E-state index in [1.807, 2.05) is 24.3 Å². The summed E-state index contributed by atoms with van der Waals surface area (Å²) in [7, 11) is 0. The molecule has 1 aliphatic rings. The highest BCUT2D eigenvalue weighted by atomic mass is 19.1. The fourth-order valence-corrected chi connectivity index (χ4v) is 2.52. The van der Waals surface area contributed by atoms with E-state index in [0.717, 1.165) is 11.1 Å². The molecule has 1 aliphatic heterocycles. The van der Waals surface area contributed by atoms with Crippen molar-refractivity contribution in [2.45, 2.75) is 18.9 Å². The highest BCUT2D eigenvalue weighted by molar-refractivity contribution is 5.76. The molecular formula is C16H13FO3. The normalized spacial score (nSPS) is 15.9. The van der Waals surface area contributed by atoms with E-state index in [9.17, 15) is 9.18 Å². The van der Waals surface area contributed by atoms with Gasteiger partial charge in [0.1, 0.15) is 17.7 Å². The fourth-order valence-electron chi connectivity index (χ4n) is 2.52. The molecule has 0 saturated heterocycles. The molecule has 0 amide bonds. The summed E-state index contributed by atoms with van der Waals surface area (Å²) in [6, 6.07) is 11.9. The Hall–Kier alpha value is -2.36. The molecule has 0 aliphatic carbocycles. The number of hydrogen-bond acceptors (Lipinski definition) is 2. The topological polar surface area (TPSA) is 46.5 Å². The molecule has 0 fully saturated rings. The lowest BCUT2D eigenvalue weighted by Crippen LogP contribution is -2.15. The molecule has 0 aromatic heterocycles. The van der Waals surface area contributed by atoms with Gasteiger partial charge in [0.25, 0.3) is 0 Å². The first kappa shape index (κ1) is 12.7. The molecule has 0 spiro atoms. The summed E-state index contributed by atoms with van der Waals surface area (Å²) in [5.74, 6) is -0.567. The number of carbonyl (C=O) groups is 1. The first-order valence-electron chi connectivity index (χ1n) is 6.42. The van der Waals surface area contributed by atoms with Gasteiger partial charge < -0.3 is 9.84 Å². The van der Waals surface area contributed by atoms with Crippen LogP contribution in [0.25, 0.3) is 11.1 Å². The molecule has 0 saturated carbocycles. The van der Waals surface area contributed by atoms with Crippen molar-refractivity contribution in [1.82, 2.24) is 0 Å². The van der Waals surface area contributed by atoms with Crippen LogP contribution in [-0.4, -0.2) is 11.1 Å². The van der Waals surface area contributed by atoms with E-state index >= 15 is 0 Å². The van der Waals surface area contributed by atoms with E-state index in [1.165, 1.54) is 12.1 Å². The van der Waals surface area contributed by atoms with Crippen molar-refractivity contribution in [3.8, 4) is 16.9 Å². The smallest absolute Gasteiger partial charge is 0.303 e. The van der Waals surface area contributed by atoms with E-state index in [-0.39, 0.29) is 18.3 Å². The van der Waals surface area contributed by atoms with Gasteiger partial charge in [-0.15, -0.1) is 0 Å². The number of fused-ring (bicyclic) bond motifs is 3. The number of carboxylic acid groups (broad SMARTS) is 1. The zero-order chi connectivity index (χ0) is 14.1. The van der Waals surface area contributed by atoms with Gasteiger partial charge in [-0.1, -0.05) is 24.3 Å². The molecule has 20 heavy (non-hydrogen) atoms. The molecular weight excluding hydrogens is 259 g/mol. The monoisotopic (exact) mass is 272 g/mol. The first-order chi connectivity index (χ1) is 9.65. The van der Waals surface area contributed by atoms with Gasteiger partial charge in [0.15, 0.2) is 0 Å². The van der Waals surface area contributed by atoms with Crippen LogP contribution >= 0.6 is 0 Å². The fraction of sp³-hybridized carbons (Fsp3) is 0.188. The zero-order valence-electron chi connectivity index (χ0n) is 10.7. The minimum absolute atomic E-state index is 0.0372. The Morgan fingerprint density at radius 2 is 2.00 bits per heavy atom. The number of halogens is 1. The maximum Gasteiger partial charge on any atom is 0.303 e. The van der Waals surface area contributed by atoms with E-state index in [0.29, 0.717) is 17.7 Å². The zero-order valence-corrected chi connectivity index (χ0v) is 10.7. The van der Waals surface area contributed by atoms with E-state index in [4.69, 9.17) is 9.84 Å². The molecule has 1 N–H and O–H groups in total. The third-order valence-electron chi connectivity index (χ3n) is 3.43. The van der Waals surface area contributed by atoms with Gasteiger partial charge in [-0.2, -0.15) is 0 Å². The summed E-state index contributed by atoms with van der Waals surface area (Å²) in [5.41, 5.74) is 2.53. The molecule has 0 bridgehead atoms. The summed E-state index contributed by atoms with van der Waals surface area (Å²) < 4.78 is 19.2. The van der Waals surface area contributed by atoms with Gasteiger partial charge in [0, 0.05) is 17.5 Å². The van der Waals surface area contributed by atoms with Crippen LogP contribution in [0, 0.1) is 5.82 Å². The van der Waals surface area contributed by atoms with Gasteiger partial charge in [0.05, 0.1) is 0 Å². The van der Waals surface area contributed by atoms with Crippen LogP contribution in [0.4, 0.5) is 4.39 Å². The van der Waals surface area contributed by atoms with Gasteiger partial charge in [-0.25, -0.2) is 4.39 Å². The number of hydrogen-bond donors (Lipinski definition) is 1. The maximum atomic E-state index is 13.4. The lowest BCUT2D eigenvalue weighted by Gasteiger charge is -2.28. The average molecular weight is 272 g/mol.